The van der Waals surface area contributed by atoms with E-state index in [1.165, 1.54) is 6.07 Å². The van der Waals surface area contributed by atoms with E-state index in [4.69, 9.17) is 21.7 Å². The van der Waals surface area contributed by atoms with Gasteiger partial charge in [0.2, 0.25) is 0 Å². The number of benzene rings is 1. The Hall–Kier alpha value is -1.50. The molecule has 5 nitrogen and oxygen atoms in total. The topological polar surface area (TPSA) is 93.2 Å². The number of alkyl halides is 3. The lowest BCUT2D eigenvalue weighted by Gasteiger charge is -2.14. The van der Waals surface area contributed by atoms with Gasteiger partial charge in [-0.25, -0.2) is 8.42 Å². The molecule has 19 heavy (non-hydrogen) atoms. The van der Waals surface area contributed by atoms with Gasteiger partial charge < -0.3 is 10.5 Å². The molecule has 0 unspecified atom stereocenters. The van der Waals surface area contributed by atoms with Crippen LogP contribution < -0.4 is 10.5 Å². The first-order valence-corrected chi connectivity index (χ1v) is 6.87. The fraction of sp³-hybridized carbons (Fsp3) is 0.222. The fourth-order valence-corrected chi connectivity index (χ4v) is 2.48. The summed E-state index contributed by atoms with van der Waals surface area (Å²) in [6, 6.07) is 3.07. The normalized spacial score (nSPS) is 12.0. The predicted octanol–water partition coefficient (Wildman–Crippen LogP) is 1.84. The van der Waals surface area contributed by atoms with E-state index in [1.807, 2.05) is 0 Å². The van der Waals surface area contributed by atoms with Gasteiger partial charge in [-0.05, 0) is 12.1 Å². The molecule has 1 rings (SSSR count). The monoisotopic (exact) mass is 314 g/mol. The summed E-state index contributed by atoms with van der Waals surface area (Å²) < 4.78 is 62.8. The molecule has 10 heteroatoms. The number of nitrogens with zero attached hydrogens (tertiary/aromatic N) is 1. The van der Waals surface area contributed by atoms with E-state index in [0.29, 0.717) is 0 Å². The minimum absolute atomic E-state index is 0.351. The van der Waals surface area contributed by atoms with Gasteiger partial charge in [0, 0.05) is 22.8 Å². The molecule has 2 N–H and O–H groups in total. The first-order valence-electron chi connectivity index (χ1n) is 4.56. The Balaban J connectivity index is 3.59. The highest BCUT2D eigenvalue weighted by Crippen LogP contribution is 2.33. The van der Waals surface area contributed by atoms with Crippen LogP contribution in [0.4, 0.5) is 13.2 Å². The van der Waals surface area contributed by atoms with Gasteiger partial charge in [0.25, 0.3) is 9.05 Å². The Labute approximate surface area is 110 Å². The van der Waals surface area contributed by atoms with Gasteiger partial charge in [-0.2, -0.15) is 5.26 Å². The van der Waals surface area contributed by atoms with Crippen LogP contribution in [0.5, 0.6) is 5.75 Å². The molecule has 1 aromatic carbocycles. The van der Waals surface area contributed by atoms with Crippen LogP contribution in [0.15, 0.2) is 17.0 Å². The summed E-state index contributed by atoms with van der Waals surface area (Å²) in [6.45, 7) is -0.557. The summed E-state index contributed by atoms with van der Waals surface area (Å²) in [7, 11) is 0.723. The van der Waals surface area contributed by atoms with Crippen molar-refractivity contribution in [1.82, 2.24) is 0 Å². The van der Waals surface area contributed by atoms with Crippen molar-refractivity contribution in [2.75, 3.05) is 0 Å². The largest absolute Gasteiger partial charge is 0.573 e. The van der Waals surface area contributed by atoms with Crippen LogP contribution >= 0.6 is 10.7 Å². The molecular formula is C9H6ClF3N2O3S. The van der Waals surface area contributed by atoms with Crippen molar-refractivity contribution in [3.63, 3.8) is 0 Å². The summed E-state index contributed by atoms with van der Waals surface area (Å²) in [6.07, 6.45) is -5.05. The molecule has 0 aromatic heterocycles. The van der Waals surface area contributed by atoms with Crippen LogP contribution in [0.25, 0.3) is 0 Å². The van der Waals surface area contributed by atoms with Gasteiger partial charge in [0.05, 0.1) is 16.5 Å². The minimum Gasteiger partial charge on any atom is -0.405 e. The Morgan fingerprint density at radius 1 is 1.42 bits per heavy atom. The number of rotatable bonds is 3. The number of hydrogen-bond acceptors (Lipinski definition) is 5. The number of nitrogens with two attached hydrogens (primary N) is 1. The predicted molar refractivity (Wildman–Crippen MR) is 58.8 cm³/mol. The summed E-state index contributed by atoms with van der Waals surface area (Å²) in [5, 5.41) is 8.66. The number of nitriles is 1. The zero-order chi connectivity index (χ0) is 14.8. The molecule has 0 aliphatic carbocycles. The standard InChI is InChI=1S/C9H6ClF3N2O3S/c10-19(16,17)8-2-5(3-14)1-7(6(8)4-15)18-9(11,12)13/h1-2H,4,15H2. The maximum absolute atomic E-state index is 12.2. The number of hydrogen-bond donors (Lipinski definition) is 1. The van der Waals surface area contributed by atoms with Gasteiger partial charge in [0.1, 0.15) is 5.75 Å². The second-order valence-corrected chi connectivity index (χ2v) is 5.79. The lowest BCUT2D eigenvalue weighted by Crippen LogP contribution is -2.20. The summed E-state index contributed by atoms with van der Waals surface area (Å²) in [4.78, 5) is -0.685. The first kappa shape index (κ1) is 15.6. The van der Waals surface area contributed by atoms with Gasteiger partial charge >= 0.3 is 6.36 Å². The molecule has 0 atom stereocenters. The van der Waals surface area contributed by atoms with Crippen LogP contribution in [0.3, 0.4) is 0 Å². The van der Waals surface area contributed by atoms with Crippen LogP contribution in [-0.2, 0) is 15.6 Å². The summed E-state index contributed by atoms with van der Waals surface area (Å²) in [5.74, 6) is -0.867. The Morgan fingerprint density at radius 2 is 2.00 bits per heavy atom. The van der Waals surface area contributed by atoms with Gasteiger partial charge in [-0.15, -0.1) is 13.2 Å². The lowest BCUT2D eigenvalue weighted by molar-refractivity contribution is -0.275. The Bertz CT molecular complexity index is 637. The molecule has 0 aliphatic rings. The molecule has 0 saturated carbocycles. The second kappa shape index (κ2) is 5.24. The smallest absolute Gasteiger partial charge is 0.405 e. The zero-order valence-electron chi connectivity index (χ0n) is 9.03. The van der Waals surface area contributed by atoms with Gasteiger partial charge in [0.15, 0.2) is 0 Å². The number of halogens is 4. The molecule has 0 saturated heterocycles. The third-order valence-electron chi connectivity index (χ3n) is 1.99. The van der Waals surface area contributed by atoms with Crippen molar-refractivity contribution in [3.8, 4) is 11.8 Å². The molecule has 0 spiro atoms. The molecular weight excluding hydrogens is 309 g/mol. The third-order valence-corrected chi connectivity index (χ3v) is 3.38. The molecule has 0 fully saturated rings. The van der Waals surface area contributed by atoms with Gasteiger partial charge in [-0.1, -0.05) is 0 Å². The Morgan fingerprint density at radius 3 is 2.37 bits per heavy atom. The molecule has 104 valence electrons. The molecule has 0 aliphatic heterocycles. The van der Waals surface area contributed by atoms with Crippen LogP contribution in [0.2, 0.25) is 0 Å². The number of ether oxygens (including phenoxy) is 1. The molecule has 0 radical (unpaired) electrons. The van der Waals surface area contributed by atoms with Crippen molar-refractivity contribution in [3.05, 3.63) is 23.3 Å². The highest BCUT2D eigenvalue weighted by atomic mass is 35.7. The van der Waals surface area contributed by atoms with Crippen LogP contribution in [0, 0.1) is 11.3 Å². The van der Waals surface area contributed by atoms with E-state index >= 15 is 0 Å². The maximum atomic E-state index is 12.2. The minimum atomic E-state index is -5.05. The van der Waals surface area contributed by atoms with Gasteiger partial charge in [-0.3, -0.25) is 0 Å². The average molecular weight is 315 g/mol. The van der Waals surface area contributed by atoms with E-state index in [1.54, 1.807) is 0 Å². The van der Waals surface area contributed by atoms with E-state index in [9.17, 15) is 21.6 Å². The highest BCUT2D eigenvalue weighted by Gasteiger charge is 2.33. The third kappa shape index (κ3) is 3.99. The van der Waals surface area contributed by atoms with Crippen molar-refractivity contribution in [2.24, 2.45) is 5.73 Å². The van der Waals surface area contributed by atoms with E-state index < -0.39 is 38.2 Å². The quantitative estimate of drug-likeness (QED) is 0.859. The lowest BCUT2D eigenvalue weighted by atomic mass is 10.1. The summed E-state index contributed by atoms with van der Waals surface area (Å²) >= 11 is 0. The second-order valence-electron chi connectivity index (χ2n) is 3.25. The molecule has 1 aromatic rings. The van der Waals surface area contributed by atoms with Crippen molar-refractivity contribution >= 4 is 19.7 Å². The average Bonchev–Trinajstić information content (AvgIpc) is 2.24. The SMILES string of the molecule is N#Cc1cc(OC(F)(F)F)c(CN)c(S(=O)(=O)Cl)c1. The molecule has 0 bridgehead atoms. The fourth-order valence-electron chi connectivity index (χ4n) is 1.32. The zero-order valence-corrected chi connectivity index (χ0v) is 10.6. The van der Waals surface area contributed by atoms with E-state index in [0.717, 1.165) is 12.1 Å². The van der Waals surface area contributed by atoms with Crippen molar-refractivity contribution in [1.29, 1.82) is 5.26 Å². The van der Waals surface area contributed by atoms with E-state index in [2.05, 4.69) is 4.74 Å². The van der Waals surface area contributed by atoms with Crippen molar-refractivity contribution < 1.29 is 26.3 Å². The molecule has 0 heterocycles. The highest BCUT2D eigenvalue weighted by molar-refractivity contribution is 8.13. The van der Waals surface area contributed by atoms with Crippen LogP contribution in [0.1, 0.15) is 11.1 Å². The maximum Gasteiger partial charge on any atom is 0.573 e. The van der Waals surface area contributed by atoms with Crippen molar-refractivity contribution in [2.45, 2.75) is 17.8 Å². The van der Waals surface area contributed by atoms with E-state index in [-0.39, 0.29) is 5.56 Å². The van der Waals surface area contributed by atoms with Crippen LogP contribution in [-0.4, -0.2) is 14.8 Å². The first-order chi connectivity index (χ1) is 8.58. The Kier molecular flexibility index (Phi) is 4.29. The molecule has 0 amide bonds. The summed E-state index contributed by atoms with van der Waals surface area (Å²) in [5.41, 5.74) is 4.40.